The Kier molecular flexibility index (Phi) is 49.1. The Bertz CT molecular complexity index is 1460. The summed E-state index contributed by atoms with van der Waals surface area (Å²) in [7, 11) is 1.15. The van der Waals surface area contributed by atoms with Gasteiger partial charge in [-0.15, -0.1) is 0 Å². The maximum absolute atomic E-state index is 12.8. The summed E-state index contributed by atoms with van der Waals surface area (Å²) in [6, 6.07) is 0. The minimum absolute atomic E-state index is 0.0371. The number of unbranched alkanes of at least 4 members (excludes halogenated alkanes) is 23. The SMILES string of the molecule is CC/C=C\C/C=C\C/C=C\C/C=C\CCCCCCCCCCC(=O)OC(COC(=O)CCCCCCCCCCCC/C=C\C/C=C\C/C=C\CCCCCCC)COP(=O)([O-])OCC[N+](C)(C)C. The third-order valence-electron chi connectivity index (χ3n) is 11.9. The molecular formula is C60H106NO8P. The van der Waals surface area contributed by atoms with Crippen LogP contribution in [-0.2, 0) is 32.7 Å². The smallest absolute Gasteiger partial charge is 0.306 e. The first kappa shape index (κ1) is 67.2. The molecule has 2 atom stereocenters. The normalized spacial score (nSPS) is 14.0. The standard InChI is InChI=1S/C60H106NO8P/c1-6-8-10-12-14-16-18-20-22-24-26-28-29-30-31-33-34-36-38-40-42-44-46-48-50-52-59(62)66-56-58(57-68-70(64,65)67-55-54-61(3,4)5)69-60(63)53-51-49-47-45-43-41-39-37-35-32-27-25-23-21-19-17-15-13-11-9-7-2/h9,11,15,17-18,20-21,23-24,26-27,29-30,32,58H,6-8,10,12-14,16,19,22,25,28,31,33-57H2,1-5H3/b11-9-,17-15-,20-18-,23-21-,26-24-,30-29-,32-27-. The van der Waals surface area contributed by atoms with E-state index in [2.05, 4.69) is 98.9 Å². The molecule has 10 heteroatoms. The monoisotopic (exact) mass is 1000 g/mol. The predicted octanol–water partition coefficient (Wildman–Crippen LogP) is 16.8. The quantitative estimate of drug-likeness (QED) is 0.0195. The second-order valence-corrected chi connectivity index (χ2v) is 21.3. The number of nitrogens with zero attached hydrogens (tertiary/aromatic N) is 1. The van der Waals surface area contributed by atoms with Crippen LogP contribution in [-0.4, -0.2) is 70.0 Å². The van der Waals surface area contributed by atoms with E-state index < -0.39 is 32.5 Å². The Balaban J connectivity index is 4.22. The van der Waals surface area contributed by atoms with Crippen molar-refractivity contribution in [3.8, 4) is 0 Å². The van der Waals surface area contributed by atoms with E-state index in [4.69, 9.17) is 18.5 Å². The van der Waals surface area contributed by atoms with E-state index in [0.29, 0.717) is 17.4 Å². The number of quaternary nitrogens is 1. The number of allylic oxidation sites excluding steroid dienone is 14. The van der Waals surface area contributed by atoms with E-state index in [-0.39, 0.29) is 26.1 Å². The molecule has 0 heterocycles. The number of rotatable bonds is 51. The molecule has 0 rings (SSSR count). The van der Waals surface area contributed by atoms with Crippen LogP contribution < -0.4 is 4.89 Å². The summed E-state index contributed by atoms with van der Waals surface area (Å²) in [6.07, 6.45) is 67.6. The van der Waals surface area contributed by atoms with Gasteiger partial charge in [-0.05, 0) is 89.9 Å². The number of phosphoric acid groups is 1. The molecule has 0 amide bonds. The number of ether oxygens (including phenoxy) is 2. The molecule has 0 bridgehead atoms. The first-order chi connectivity index (χ1) is 34.0. The van der Waals surface area contributed by atoms with E-state index in [0.717, 1.165) is 89.9 Å². The number of hydrogen-bond acceptors (Lipinski definition) is 8. The number of carbonyl (C=O) groups is 2. The summed E-state index contributed by atoms with van der Waals surface area (Å²) in [6.45, 7) is 4.10. The fraction of sp³-hybridized carbons (Fsp3) is 0.733. The zero-order valence-corrected chi connectivity index (χ0v) is 46.6. The number of likely N-dealkylation sites (N-methyl/N-ethyl adjacent to an activating group) is 1. The molecule has 2 unspecified atom stereocenters. The Morgan fingerprint density at radius 2 is 0.814 bits per heavy atom. The predicted molar refractivity (Wildman–Crippen MR) is 296 cm³/mol. The minimum Gasteiger partial charge on any atom is -0.756 e. The number of esters is 2. The summed E-state index contributed by atoms with van der Waals surface area (Å²) in [5.41, 5.74) is 0. The van der Waals surface area contributed by atoms with Gasteiger partial charge >= 0.3 is 11.9 Å². The summed E-state index contributed by atoms with van der Waals surface area (Å²) in [5, 5.41) is 0. The van der Waals surface area contributed by atoms with Gasteiger partial charge in [0.05, 0.1) is 27.7 Å². The average molecular weight is 1000 g/mol. The van der Waals surface area contributed by atoms with Gasteiger partial charge in [-0.25, -0.2) is 0 Å². The van der Waals surface area contributed by atoms with Crippen LogP contribution in [0.15, 0.2) is 85.1 Å². The molecule has 9 nitrogen and oxygen atoms in total. The van der Waals surface area contributed by atoms with Crippen LogP contribution in [0.1, 0.15) is 232 Å². The van der Waals surface area contributed by atoms with Crippen molar-refractivity contribution in [3.63, 3.8) is 0 Å². The van der Waals surface area contributed by atoms with E-state index in [1.165, 1.54) is 109 Å². The molecule has 0 aromatic rings. The van der Waals surface area contributed by atoms with Crippen LogP contribution >= 0.6 is 7.82 Å². The molecule has 70 heavy (non-hydrogen) atoms. The summed E-state index contributed by atoms with van der Waals surface area (Å²) >= 11 is 0. The van der Waals surface area contributed by atoms with Gasteiger partial charge in [-0.2, -0.15) is 0 Å². The van der Waals surface area contributed by atoms with Gasteiger partial charge in [0.1, 0.15) is 19.8 Å². The van der Waals surface area contributed by atoms with Crippen LogP contribution in [0.5, 0.6) is 0 Å². The van der Waals surface area contributed by atoms with Crippen molar-refractivity contribution in [1.82, 2.24) is 0 Å². The maximum atomic E-state index is 12.8. The third-order valence-corrected chi connectivity index (χ3v) is 12.9. The molecule has 404 valence electrons. The van der Waals surface area contributed by atoms with Gasteiger partial charge in [0, 0.05) is 12.8 Å². The summed E-state index contributed by atoms with van der Waals surface area (Å²) < 4.78 is 34.1. The van der Waals surface area contributed by atoms with Crippen LogP contribution in [0, 0.1) is 0 Å². The summed E-state index contributed by atoms with van der Waals surface area (Å²) in [4.78, 5) is 37.9. The molecule has 0 aromatic heterocycles. The fourth-order valence-corrected chi connectivity index (χ4v) is 8.26. The largest absolute Gasteiger partial charge is 0.756 e. The third kappa shape index (κ3) is 54.5. The zero-order valence-electron chi connectivity index (χ0n) is 45.7. The van der Waals surface area contributed by atoms with Crippen molar-refractivity contribution in [1.29, 1.82) is 0 Å². The van der Waals surface area contributed by atoms with E-state index in [1.807, 2.05) is 21.1 Å². The fourth-order valence-electron chi connectivity index (χ4n) is 7.54. The Labute approximate surface area is 431 Å². The molecule has 0 fully saturated rings. The first-order valence-electron chi connectivity index (χ1n) is 28.3. The van der Waals surface area contributed by atoms with Crippen LogP contribution in [0.25, 0.3) is 0 Å². The Hall–Kier alpha value is -2.81. The molecule has 0 aliphatic rings. The lowest BCUT2D eigenvalue weighted by molar-refractivity contribution is -0.870. The lowest BCUT2D eigenvalue weighted by Gasteiger charge is -2.28. The molecule has 0 radical (unpaired) electrons. The number of hydrogen-bond donors (Lipinski definition) is 0. The Morgan fingerprint density at radius 1 is 0.457 bits per heavy atom. The van der Waals surface area contributed by atoms with Crippen molar-refractivity contribution in [2.75, 3.05) is 47.5 Å². The number of phosphoric ester groups is 1. The topological polar surface area (TPSA) is 111 Å². The van der Waals surface area contributed by atoms with Gasteiger partial charge in [-0.3, -0.25) is 14.2 Å². The van der Waals surface area contributed by atoms with Gasteiger partial charge in [-0.1, -0.05) is 214 Å². The molecule has 0 N–H and O–H groups in total. The molecule has 0 aromatic carbocycles. The molecule has 0 saturated heterocycles. The van der Waals surface area contributed by atoms with Crippen molar-refractivity contribution >= 4 is 19.8 Å². The van der Waals surface area contributed by atoms with Crippen molar-refractivity contribution < 1.29 is 42.1 Å². The van der Waals surface area contributed by atoms with Crippen molar-refractivity contribution in [2.45, 2.75) is 238 Å². The van der Waals surface area contributed by atoms with Crippen LogP contribution in [0.2, 0.25) is 0 Å². The zero-order chi connectivity index (χ0) is 51.3. The van der Waals surface area contributed by atoms with Crippen molar-refractivity contribution in [2.24, 2.45) is 0 Å². The minimum atomic E-state index is -4.64. The number of carbonyl (C=O) groups excluding carboxylic acids is 2. The highest BCUT2D eigenvalue weighted by Crippen LogP contribution is 2.38. The highest BCUT2D eigenvalue weighted by Gasteiger charge is 2.21. The summed E-state index contributed by atoms with van der Waals surface area (Å²) in [5.74, 6) is -0.848. The van der Waals surface area contributed by atoms with E-state index in [9.17, 15) is 19.0 Å². The highest BCUT2D eigenvalue weighted by atomic mass is 31.2. The molecule has 0 saturated carbocycles. The lowest BCUT2D eigenvalue weighted by atomic mass is 10.1. The van der Waals surface area contributed by atoms with Gasteiger partial charge < -0.3 is 27.9 Å². The average Bonchev–Trinajstić information content (AvgIpc) is 3.32. The van der Waals surface area contributed by atoms with Crippen LogP contribution in [0.3, 0.4) is 0 Å². The molecule has 0 aliphatic carbocycles. The molecule has 0 spiro atoms. The van der Waals surface area contributed by atoms with Crippen molar-refractivity contribution in [3.05, 3.63) is 85.1 Å². The van der Waals surface area contributed by atoms with Crippen LogP contribution in [0.4, 0.5) is 0 Å². The second kappa shape index (κ2) is 51.1. The maximum Gasteiger partial charge on any atom is 0.306 e. The lowest BCUT2D eigenvalue weighted by Crippen LogP contribution is -2.37. The van der Waals surface area contributed by atoms with E-state index >= 15 is 0 Å². The van der Waals surface area contributed by atoms with Gasteiger partial charge in [0.25, 0.3) is 7.82 Å². The Morgan fingerprint density at radius 3 is 1.21 bits per heavy atom. The second-order valence-electron chi connectivity index (χ2n) is 19.9. The van der Waals surface area contributed by atoms with Gasteiger partial charge in [0.2, 0.25) is 0 Å². The molecule has 0 aliphatic heterocycles. The molecular weight excluding hydrogens is 894 g/mol. The van der Waals surface area contributed by atoms with E-state index in [1.54, 1.807) is 0 Å². The highest BCUT2D eigenvalue weighted by molar-refractivity contribution is 7.45. The van der Waals surface area contributed by atoms with Gasteiger partial charge in [0.15, 0.2) is 6.10 Å². The first-order valence-corrected chi connectivity index (χ1v) is 29.8.